The molecular weight excluding hydrogens is 436 g/mol. The number of benzene rings is 1. The van der Waals surface area contributed by atoms with Gasteiger partial charge in [0.25, 0.3) is 0 Å². The molecule has 5 unspecified atom stereocenters. The lowest BCUT2D eigenvalue weighted by Crippen LogP contribution is -2.60. The predicted octanol–water partition coefficient (Wildman–Crippen LogP) is -1.01. The van der Waals surface area contributed by atoms with Crippen molar-refractivity contribution in [2.45, 2.75) is 55.4 Å². The van der Waals surface area contributed by atoms with Crippen LogP contribution in [-0.4, -0.2) is 102 Å². The van der Waals surface area contributed by atoms with Crippen molar-refractivity contribution in [3.63, 3.8) is 0 Å². The molecule has 184 valence electrons. The molecule has 10 heteroatoms. The van der Waals surface area contributed by atoms with E-state index in [1.54, 1.807) is 26.4 Å². The molecule has 1 aromatic rings. The van der Waals surface area contributed by atoms with Gasteiger partial charge in [0.1, 0.15) is 48.1 Å². The average Bonchev–Trinajstić information content (AvgIpc) is 2.83. The van der Waals surface area contributed by atoms with Crippen LogP contribution in [-0.2, 0) is 20.6 Å². The highest BCUT2D eigenvalue weighted by molar-refractivity contribution is 5.42. The minimum Gasteiger partial charge on any atom is -0.493 e. The second-order valence-electron chi connectivity index (χ2n) is 8.71. The molecule has 10 atom stereocenters. The Balaban J connectivity index is 1.44. The van der Waals surface area contributed by atoms with Crippen molar-refractivity contribution >= 4 is 0 Å². The van der Waals surface area contributed by atoms with E-state index in [4.69, 9.17) is 23.7 Å². The fourth-order valence-corrected chi connectivity index (χ4v) is 4.79. The van der Waals surface area contributed by atoms with Gasteiger partial charge in [-0.3, -0.25) is 0 Å². The zero-order chi connectivity index (χ0) is 23.7. The van der Waals surface area contributed by atoms with Gasteiger partial charge in [-0.2, -0.15) is 0 Å². The molecule has 33 heavy (non-hydrogen) atoms. The van der Waals surface area contributed by atoms with Crippen molar-refractivity contribution in [2.24, 2.45) is 11.8 Å². The van der Waals surface area contributed by atoms with Gasteiger partial charge in [0.2, 0.25) is 6.29 Å². The summed E-state index contributed by atoms with van der Waals surface area (Å²) in [5.74, 6) is 0.841. The zero-order valence-corrected chi connectivity index (χ0v) is 18.6. The minimum atomic E-state index is -1.51. The summed E-state index contributed by atoms with van der Waals surface area (Å²) in [6.07, 6.45) is -3.71. The fraction of sp³-hybridized carbons (Fsp3) is 0.652. The molecule has 3 aliphatic rings. The Morgan fingerprint density at radius 1 is 0.970 bits per heavy atom. The summed E-state index contributed by atoms with van der Waals surface area (Å²) in [5.41, 5.74) is 0.941. The molecule has 1 aliphatic carbocycles. The summed E-state index contributed by atoms with van der Waals surface area (Å²) in [6.45, 7) is -0.146. The molecule has 4 rings (SSSR count). The number of ether oxygens (including phenoxy) is 5. The third kappa shape index (κ3) is 4.75. The van der Waals surface area contributed by atoms with Crippen molar-refractivity contribution in [1.82, 2.24) is 0 Å². The number of fused-ring (bicyclic) bond motifs is 1. The van der Waals surface area contributed by atoms with Crippen LogP contribution in [0.4, 0.5) is 0 Å². The van der Waals surface area contributed by atoms with Crippen LogP contribution in [0.2, 0.25) is 0 Å². The van der Waals surface area contributed by atoms with Crippen LogP contribution in [0.1, 0.15) is 5.56 Å². The van der Waals surface area contributed by atoms with Crippen molar-refractivity contribution < 1.29 is 49.2 Å². The molecule has 0 radical (unpaired) electrons. The number of hydrogen-bond donors (Lipinski definition) is 5. The van der Waals surface area contributed by atoms with E-state index in [1.807, 2.05) is 18.2 Å². The second-order valence-corrected chi connectivity index (χ2v) is 8.71. The number of aliphatic hydroxyl groups excluding tert-OH is 5. The summed E-state index contributed by atoms with van der Waals surface area (Å²) in [7, 11) is 3.14. The van der Waals surface area contributed by atoms with Gasteiger partial charge in [0, 0.05) is 32.1 Å². The molecule has 2 heterocycles. The molecule has 0 amide bonds. The Hall–Kier alpha value is -1.76. The topological polar surface area (TPSA) is 147 Å². The Bertz CT molecular complexity index is 829. The van der Waals surface area contributed by atoms with Gasteiger partial charge in [-0.25, -0.2) is 0 Å². The Labute approximate surface area is 191 Å². The van der Waals surface area contributed by atoms with E-state index >= 15 is 0 Å². The van der Waals surface area contributed by atoms with Crippen LogP contribution in [0.15, 0.2) is 30.4 Å². The van der Waals surface area contributed by atoms with Gasteiger partial charge in [0.05, 0.1) is 19.3 Å². The summed E-state index contributed by atoms with van der Waals surface area (Å²) in [5, 5.41) is 50.2. The number of aliphatic hydroxyl groups is 5. The highest BCUT2D eigenvalue weighted by atomic mass is 16.7. The molecule has 5 N–H and O–H groups in total. The van der Waals surface area contributed by atoms with E-state index in [1.165, 1.54) is 0 Å². The van der Waals surface area contributed by atoms with Gasteiger partial charge < -0.3 is 49.2 Å². The third-order valence-electron chi connectivity index (χ3n) is 6.74. The predicted molar refractivity (Wildman–Crippen MR) is 114 cm³/mol. The van der Waals surface area contributed by atoms with E-state index in [9.17, 15) is 25.5 Å². The van der Waals surface area contributed by atoms with Crippen LogP contribution in [0.5, 0.6) is 11.5 Å². The van der Waals surface area contributed by atoms with Crippen molar-refractivity contribution in [2.75, 3.05) is 27.4 Å². The van der Waals surface area contributed by atoms with Crippen LogP contribution in [0.25, 0.3) is 0 Å². The van der Waals surface area contributed by atoms with E-state index in [2.05, 4.69) is 0 Å². The first kappa shape index (κ1) is 24.4. The summed E-state index contributed by atoms with van der Waals surface area (Å²) in [6, 6.07) is 5.20. The fourth-order valence-electron chi connectivity index (χ4n) is 4.79. The highest BCUT2D eigenvalue weighted by Gasteiger charge is 2.45. The number of hydrogen-bond acceptors (Lipinski definition) is 10. The molecule has 0 spiro atoms. The summed E-state index contributed by atoms with van der Waals surface area (Å²) in [4.78, 5) is 0. The standard InChI is InChI=1S/C23H32O10/c1-29-15-6-5-14(18(25)22(15)30-2)12-7-11-3-4-13(8-16(11)31-10-12)32-23-21(28)20(27)19(26)17(9-24)33-23/h3-6,8,12,14-15,17-28H,7,9-10H2,1-2H3/t12?,14?,15?,17-,18?,19-,20-,21-,22?,23-/m1/s1. The monoisotopic (exact) mass is 468 g/mol. The SMILES string of the molecule is COC1C=CC(C2COc3cc(O[C@@H]4O[C@H](CO)[C@@H](O)[C@@H](O)[C@H]4O)ccc3C2)C(O)C1OC. The lowest BCUT2D eigenvalue weighted by atomic mass is 9.76. The van der Waals surface area contributed by atoms with Gasteiger partial charge >= 0.3 is 0 Å². The molecule has 1 saturated heterocycles. The maximum Gasteiger partial charge on any atom is 0.229 e. The second kappa shape index (κ2) is 10.2. The normalized spacial score (nSPS) is 40.7. The average molecular weight is 468 g/mol. The molecule has 2 aliphatic heterocycles. The van der Waals surface area contributed by atoms with Gasteiger partial charge in [-0.1, -0.05) is 18.2 Å². The lowest BCUT2D eigenvalue weighted by molar-refractivity contribution is -0.277. The first-order chi connectivity index (χ1) is 15.9. The maximum absolute atomic E-state index is 10.8. The smallest absolute Gasteiger partial charge is 0.229 e. The van der Waals surface area contributed by atoms with Gasteiger partial charge in [-0.05, 0) is 18.1 Å². The van der Waals surface area contributed by atoms with Gasteiger partial charge in [0.15, 0.2) is 0 Å². The minimum absolute atomic E-state index is 0.0384. The Morgan fingerprint density at radius 3 is 2.45 bits per heavy atom. The number of methoxy groups -OCH3 is 2. The molecule has 0 saturated carbocycles. The highest BCUT2D eigenvalue weighted by Crippen LogP contribution is 2.38. The summed E-state index contributed by atoms with van der Waals surface area (Å²) < 4.78 is 27.9. The lowest BCUT2D eigenvalue weighted by Gasteiger charge is -2.40. The van der Waals surface area contributed by atoms with E-state index in [0.717, 1.165) is 5.56 Å². The first-order valence-electron chi connectivity index (χ1n) is 11.0. The van der Waals surface area contributed by atoms with Crippen LogP contribution in [0, 0.1) is 11.8 Å². The van der Waals surface area contributed by atoms with E-state index < -0.39 is 49.5 Å². The molecule has 1 fully saturated rings. The maximum atomic E-state index is 10.8. The van der Waals surface area contributed by atoms with Crippen LogP contribution < -0.4 is 9.47 Å². The van der Waals surface area contributed by atoms with Crippen molar-refractivity contribution in [3.8, 4) is 11.5 Å². The molecule has 0 bridgehead atoms. The first-order valence-corrected chi connectivity index (χ1v) is 11.0. The quantitative estimate of drug-likeness (QED) is 0.329. The molecule has 1 aromatic carbocycles. The van der Waals surface area contributed by atoms with Gasteiger partial charge in [-0.15, -0.1) is 0 Å². The summed E-state index contributed by atoms with van der Waals surface area (Å²) >= 11 is 0. The Morgan fingerprint density at radius 2 is 1.76 bits per heavy atom. The van der Waals surface area contributed by atoms with Crippen LogP contribution >= 0.6 is 0 Å². The molecule has 0 aromatic heterocycles. The van der Waals surface area contributed by atoms with Crippen molar-refractivity contribution in [3.05, 3.63) is 35.9 Å². The molecular formula is C23H32O10. The Kier molecular flexibility index (Phi) is 7.56. The molecule has 10 nitrogen and oxygen atoms in total. The van der Waals surface area contributed by atoms with E-state index in [0.29, 0.717) is 24.5 Å². The van der Waals surface area contributed by atoms with E-state index in [-0.39, 0.29) is 17.9 Å². The van der Waals surface area contributed by atoms with Crippen LogP contribution in [0.3, 0.4) is 0 Å². The van der Waals surface area contributed by atoms with Crippen molar-refractivity contribution in [1.29, 1.82) is 0 Å². The third-order valence-corrected chi connectivity index (χ3v) is 6.74. The number of rotatable bonds is 6. The largest absolute Gasteiger partial charge is 0.493 e. The zero-order valence-electron chi connectivity index (χ0n) is 18.6.